The van der Waals surface area contributed by atoms with Crippen LogP contribution < -0.4 is 5.73 Å². The fourth-order valence-corrected chi connectivity index (χ4v) is 1.74. The molecular formula is C10H15ClN6. The Morgan fingerprint density at radius 1 is 1.41 bits per heavy atom. The fourth-order valence-electron chi connectivity index (χ4n) is 1.61. The molecule has 2 aromatic heterocycles. The van der Waals surface area contributed by atoms with Gasteiger partial charge in [-0.05, 0) is 13.8 Å². The van der Waals surface area contributed by atoms with Gasteiger partial charge in [-0.15, -0.1) is 0 Å². The Morgan fingerprint density at radius 2 is 2.12 bits per heavy atom. The summed E-state index contributed by atoms with van der Waals surface area (Å²) in [6.45, 7) is 4.07. The molecule has 0 saturated carbocycles. The van der Waals surface area contributed by atoms with Crippen LogP contribution in [0.1, 0.15) is 19.7 Å². The van der Waals surface area contributed by atoms with Gasteiger partial charge < -0.3 is 5.73 Å². The van der Waals surface area contributed by atoms with Crippen molar-refractivity contribution < 1.29 is 0 Å². The van der Waals surface area contributed by atoms with Gasteiger partial charge in [0, 0.05) is 13.5 Å². The zero-order valence-electron chi connectivity index (χ0n) is 10.1. The summed E-state index contributed by atoms with van der Waals surface area (Å²) in [5.74, 6) is 0.766. The highest BCUT2D eigenvalue weighted by Crippen LogP contribution is 2.24. The number of nitrogen functional groups attached to an aromatic ring is 1. The first kappa shape index (κ1) is 11.9. The van der Waals surface area contributed by atoms with Crippen LogP contribution in [0, 0.1) is 0 Å². The van der Waals surface area contributed by atoms with Crippen LogP contribution in [0.15, 0.2) is 12.5 Å². The Hall–Kier alpha value is -1.56. The Kier molecular flexibility index (Phi) is 2.82. The van der Waals surface area contributed by atoms with Crippen molar-refractivity contribution in [1.82, 2.24) is 24.5 Å². The standard InChI is InChI=1S/C10H15ClN6/c1-10(2,4-8-13-6-16(3)14-8)17-5-7(12)9(11)15-17/h5-6H,4,12H2,1-3H3. The summed E-state index contributed by atoms with van der Waals surface area (Å²) in [5, 5.41) is 8.76. The van der Waals surface area contributed by atoms with E-state index in [9.17, 15) is 0 Å². The van der Waals surface area contributed by atoms with Crippen molar-refractivity contribution in [3.8, 4) is 0 Å². The van der Waals surface area contributed by atoms with E-state index in [0.717, 1.165) is 5.82 Å². The molecule has 0 bridgehead atoms. The molecule has 0 aliphatic rings. The molecule has 0 radical (unpaired) electrons. The third kappa shape index (κ3) is 2.41. The quantitative estimate of drug-likeness (QED) is 0.894. The maximum Gasteiger partial charge on any atom is 0.173 e. The number of nitrogens with zero attached hydrogens (tertiary/aromatic N) is 5. The lowest BCUT2D eigenvalue weighted by Crippen LogP contribution is -2.30. The molecule has 2 N–H and O–H groups in total. The number of hydrogen-bond acceptors (Lipinski definition) is 4. The first-order chi connectivity index (χ1) is 7.88. The van der Waals surface area contributed by atoms with E-state index in [4.69, 9.17) is 17.3 Å². The van der Waals surface area contributed by atoms with Gasteiger partial charge in [0.2, 0.25) is 0 Å². The Labute approximate surface area is 104 Å². The average Bonchev–Trinajstić information content (AvgIpc) is 2.75. The lowest BCUT2D eigenvalue weighted by molar-refractivity contribution is 0.311. The van der Waals surface area contributed by atoms with Crippen molar-refractivity contribution in [3.05, 3.63) is 23.5 Å². The van der Waals surface area contributed by atoms with Crippen molar-refractivity contribution in [2.24, 2.45) is 7.05 Å². The van der Waals surface area contributed by atoms with Crippen LogP contribution in [0.4, 0.5) is 5.69 Å². The number of aromatic nitrogens is 5. The number of halogens is 1. The van der Waals surface area contributed by atoms with Gasteiger partial charge in [0.05, 0.1) is 17.4 Å². The highest BCUT2D eigenvalue weighted by Gasteiger charge is 2.24. The summed E-state index contributed by atoms with van der Waals surface area (Å²) in [6.07, 6.45) is 4.06. The van der Waals surface area contributed by atoms with Gasteiger partial charge in [0.25, 0.3) is 0 Å². The Morgan fingerprint density at radius 3 is 2.59 bits per heavy atom. The van der Waals surface area contributed by atoms with E-state index in [1.165, 1.54) is 0 Å². The molecule has 0 unspecified atom stereocenters. The van der Waals surface area contributed by atoms with Crippen molar-refractivity contribution in [1.29, 1.82) is 0 Å². The van der Waals surface area contributed by atoms with E-state index >= 15 is 0 Å². The molecule has 92 valence electrons. The van der Waals surface area contributed by atoms with E-state index in [1.807, 2.05) is 20.9 Å². The van der Waals surface area contributed by atoms with E-state index < -0.39 is 0 Å². The Bertz CT molecular complexity index is 507. The zero-order valence-corrected chi connectivity index (χ0v) is 10.8. The van der Waals surface area contributed by atoms with Crippen molar-refractivity contribution >= 4 is 17.3 Å². The number of rotatable bonds is 3. The van der Waals surface area contributed by atoms with Gasteiger partial charge in [0.1, 0.15) is 6.33 Å². The molecule has 0 amide bonds. The molecule has 2 rings (SSSR count). The molecule has 0 fully saturated rings. The lowest BCUT2D eigenvalue weighted by atomic mass is 10.0. The molecule has 0 saturated heterocycles. The van der Waals surface area contributed by atoms with Crippen LogP contribution in [-0.4, -0.2) is 24.5 Å². The third-order valence-corrected chi connectivity index (χ3v) is 2.85. The predicted octanol–water partition coefficient (Wildman–Crippen LogP) is 1.22. The van der Waals surface area contributed by atoms with Gasteiger partial charge in [-0.2, -0.15) is 10.2 Å². The molecule has 0 spiro atoms. The minimum Gasteiger partial charge on any atom is -0.395 e. The topological polar surface area (TPSA) is 74.5 Å². The molecule has 7 heteroatoms. The highest BCUT2D eigenvalue weighted by atomic mass is 35.5. The number of anilines is 1. The highest BCUT2D eigenvalue weighted by molar-refractivity contribution is 6.31. The second-order valence-electron chi connectivity index (χ2n) is 4.64. The smallest absolute Gasteiger partial charge is 0.173 e. The third-order valence-electron chi connectivity index (χ3n) is 2.55. The van der Waals surface area contributed by atoms with Crippen molar-refractivity contribution in [3.63, 3.8) is 0 Å². The van der Waals surface area contributed by atoms with Crippen molar-refractivity contribution in [2.75, 3.05) is 5.73 Å². The van der Waals surface area contributed by atoms with Gasteiger partial charge in [-0.1, -0.05) is 11.6 Å². The second-order valence-corrected chi connectivity index (χ2v) is 5.00. The number of hydrogen-bond donors (Lipinski definition) is 1. The van der Waals surface area contributed by atoms with Crippen LogP contribution in [0.3, 0.4) is 0 Å². The average molecular weight is 255 g/mol. The summed E-state index contributed by atoms with van der Waals surface area (Å²) >= 11 is 5.85. The molecule has 2 heterocycles. The van der Waals surface area contributed by atoms with Gasteiger partial charge in [-0.3, -0.25) is 9.36 Å². The van der Waals surface area contributed by atoms with Gasteiger partial charge in [0.15, 0.2) is 11.0 Å². The minimum atomic E-state index is -0.275. The lowest BCUT2D eigenvalue weighted by Gasteiger charge is -2.23. The monoisotopic (exact) mass is 254 g/mol. The molecule has 17 heavy (non-hydrogen) atoms. The zero-order chi connectivity index (χ0) is 12.6. The SMILES string of the molecule is Cn1cnc(CC(C)(C)n2cc(N)c(Cl)n2)n1. The second kappa shape index (κ2) is 4.03. The van der Waals surface area contributed by atoms with E-state index in [0.29, 0.717) is 17.3 Å². The molecule has 0 aromatic carbocycles. The Balaban J connectivity index is 2.24. The molecule has 2 aromatic rings. The van der Waals surface area contributed by atoms with Crippen molar-refractivity contribution in [2.45, 2.75) is 25.8 Å². The maximum atomic E-state index is 5.85. The largest absolute Gasteiger partial charge is 0.395 e. The molecule has 0 atom stereocenters. The first-order valence-corrected chi connectivity index (χ1v) is 5.62. The first-order valence-electron chi connectivity index (χ1n) is 5.24. The summed E-state index contributed by atoms with van der Waals surface area (Å²) in [7, 11) is 1.84. The molecular weight excluding hydrogens is 240 g/mol. The minimum absolute atomic E-state index is 0.275. The molecule has 6 nitrogen and oxygen atoms in total. The van der Waals surface area contributed by atoms with E-state index in [2.05, 4.69) is 15.2 Å². The summed E-state index contributed by atoms with van der Waals surface area (Å²) in [5.41, 5.74) is 5.89. The predicted molar refractivity (Wildman–Crippen MR) is 65.7 cm³/mol. The molecule has 0 aliphatic carbocycles. The number of aryl methyl sites for hydroxylation is 1. The van der Waals surface area contributed by atoms with Crippen LogP contribution in [0.2, 0.25) is 5.15 Å². The van der Waals surface area contributed by atoms with Crippen LogP contribution in [-0.2, 0) is 19.0 Å². The molecule has 0 aliphatic heterocycles. The normalized spacial score (nSPS) is 12.0. The summed E-state index contributed by atoms with van der Waals surface area (Å²) in [6, 6.07) is 0. The van der Waals surface area contributed by atoms with Gasteiger partial charge >= 0.3 is 0 Å². The van der Waals surface area contributed by atoms with Crippen LogP contribution in [0.5, 0.6) is 0 Å². The number of nitrogens with two attached hydrogens (primary N) is 1. The summed E-state index contributed by atoms with van der Waals surface area (Å²) in [4.78, 5) is 4.20. The maximum absolute atomic E-state index is 5.85. The summed E-state index contributed by atoms with van der Waals surface area (Å²) < 4.78 is 3.43. The fraction of sp³-hybridized carbons (Fsp3) is 0.500. The van der Waals surface area contributed by atoms with E-state index in [-0.39, 0.29) is 5.54 Å². The van der Waals surface area contributed by atoms with E-state index in [1.54, 1.807) is 21.9 Å². The van der Waals surface area contributed by atoms with Crippen LogP contribution >= 0.6 is 11.6 Å². The van der Waals surface area contributed by atoms with Crippen LogP contribution in [0.25, 0.3) is 0 Å². The van der Waals surface area contributed by atoms with Gasteiger partial charge in [-0.25, -0.2) is 4.98 Å².